The van der Waals surface area contributed by atoms with Crippen LogP contribution in [0, 0.1) is 0 Å². The molecular formula is C12H17Cl2N3O. The van der Waals surface area contributed by atoms with Gasteiger partial charge < -0.3 is 15.5 Å². The third kappa shape index (κ3) is 4.72. The van der Waals surface area contributed by atoms with Crippen LogP contribution in [0.4, 0.5) is 10.5 Å². The summed E-state index contributed by atoms with van der Waals surface area (Å²) in [6.07, 6.45) is 0.905. The average Bonchev–Trinajstić information content (AvgIpc) is 2.34. The molecule has 1 aromatic rings. The molecule has 0 unspecified atom stereocenters. The van der Waals surface area contributed by atoms with Crippen molar-refractivity contribution in [1.29, 1.82) is 0 Å². The maximum Gasteiger partial charge on any atom is 0.321 e. The van der Waals surface area contributed by atoms with Crippen molar-refractivity contribution < 1.29 is 4.79 Å². The molecule has 1 rings (SSSR count). The highest BCUT2D eigenvalue weighted by Gasteiger charge is 2.09. The van der Waals surface area contributed by atoms with Crippen LogP contribution in [0.1, 0.15) is 6.42 Å². The number of hydrogen-bond acceptors (Lipinski definition) is 2. The van der Waals surface area contributed by atoms with E-state index in [9.17, 15) is 4.79 Å². The largest absolute Gasteiger partial charge is 0.328 e. The molecule has 0 aliphatic heterocycles. The number of amides is 2. The van der Waals surface area contributed by atoms with Gasteiger partial charge in [0.05, 0.1) is 10.0 Å². The summed E-state index contributed by atoms with van der Waals surface area (Å²) in [6.45, 7) is 1.57. The van der Waals surface area contributed by atoms with Gasteiger partial charge in [-0.1, -0.05) is 23.2 Å². The van der Waals surface area contributed by atoms with Gasteiger partial charge in [-0.3, -0.25) is 0 Å². The second-order valence-electron chi connectivity index (χ2n) is 3.94. The van der Waals surface area contributed by atoms with E-state index in [4.69, 9.17) is 23.2 Å². The Kier molecular flexibility index (Phi) is 6.25. The molecule has 0 heterocycles. The lowest BCUT2D eigenvalue weighted by atomic mass is 10.3. The topological polar surface area (TPSA) is 44.4 Å². The molecule has 0 saturated carbocycles. The molecule has 18 heavy (non-hydrogen) atoms. The Balaban J connectivity index is 2.50. The van der Waals surface area contributed by atoms with Gasteiger partial charge in [-0.15, -0.1) is 0 Å². The number of halogens is 2. The third-order valence-corrected chi connectivity index (χ3v) is 3.18. The monoisotopic (exact) mass is 289 g/mol. The number of rotatable bonds is 5. The predicted molar refractivity (Wildman–Crippen MR) is 76.7 cm³/mol. The van der Waals surface area contributed by atoms with E-state index in [2.05, 4.69) is 10.6 Å². The summed E-state index contributed by atoms with van der Waals surface area (Å²) in [5.74, 6) is 0. The van der Waals surface area contributed by atoms with Gasteiger partial charge in [0.25, 0.3) is 0 Å². The van der Waals surface area contributed by atoms with E-state index in [1.807, 2.05) is 7.05 Å². The molecule has 2 N–H and O–H groups in total. The van der Waals surface area contributed by atoms with E-state index in [1.54, 1.807) is 30.1 Å². The maximum absolute atomic E-state index is 11.8. The van der Waals surface area contributed by atoms with Crippen molar-refractivity contribution in [3.63, 3.8) is 0 Å². The van der Waals surface area contributed by atoms with Crippen LogP contribution in [-0.4, -0.2) is 38.1 Å². The van der Waals surface area contributed by atoms with E-state index in [-0.39, 0.29) is 6.03 Å². The van der Waals surface area contributed by atoms with Gasteiger partial charge in [0.1, 0.15) is 0 Å². The normalized spacial score (nSPS) is 10.2. The number of carbonyl (C=O) groups is 1. The van der Waals surface area contributed by atoms with Crippen LogP contribution in [0.25, 0.3) is 0 Å². The molecule has 2 amide bonds. The van der Waals surface area contributed by atoms with Crippen molar-refractivity contribution in [2.45, 2.75) is 6.42 Å². The summed E-state index contributed by atoms with van der Waals surface area (Å²) in [6, 6.07) is 4.83. The van der Waals surface area contributed by atoms with Crippen molar-refractivity contribution in [1.82, 2.24) is 10.2 Å². The van der Waals surface area contributed by atoms with E-state index in [0.29, 0.717) is 22.3 Å². The molecular weight excluding hydrogens is 273 g/mol. The minimum Gasteiger partial charge on any atom is -0.328 e. The number of benzene rings is 1. The van der Waals surface area contributed by atoms with Crippen LogP contribution >= 0.6 is 23.2 Å². The molecule has 0 aliphatic carbocycles. The van der Waals surface area contributed by atoms with E-state index in [0.717, 1.165) is 13.0 Å². The van der Waals surface area contributed by atoms with Gasteiger partial charge in [0, 0.05) is 19.3 Å². The maximum atomic E-state index is 11.8. The van der Waals surface area contributed by atoms with Crippen LogP contribution in [-0.2, 0) is 0 Å². The molecule has 0 saturated heterocycles. The summed E-state index contributed by atoms with van der Waals surface area (Å²) < 4.78 is 0. The Labute approximate surface area is 117 Å². The Hall–Kier alpha value is -0.970. The fourth-order valence-corrected chi connectivity index (χ4v) is 1.69. The summed E-state index contributed by atoms with van der Waals surface area (Å²) in [5, 5.41) is 6.69. The molecule has 0 atom stereocenters. The predicted octanol–water partition coefficient (Wildman–Crippen LogP) is 3.07. The number of anilines is 1. The molecule has 6 heteroatoms. The zero-order chi connectivity index (χ0) is 13.5. The molecule has 0 fully saturated rings. The smallest absolute Gasteiger partial charge is 0.321 e. The molecule has 0 spiro atoms. The van der Waals surface area contributed by atoms with E-state index < -0.39 is 0 Å². The quantitative estimate of drug-likeness (QED) is 0.819. The van der Waals surface area contributed by atoms with Gasteiger partial charge in [0.15, 0.2) is 0 Å². The van der Waals surface area contributed by atoms with Gasteiger partial charge in [-0.25, -0.2) is 4.79 Å². The van der Waals surface area contributed by atoms with Gasteiger partial charge >= 0.3 is 6.03 Å². The lowest BCUT2D eigenvalue weighted by molar-refractivity contribution is 0.222. The van der Waals surface area contributed by atoms with Crippen molar-refractivity contribution in [3.05, 3.63) is 28.2 Å². The molecule has 0 aliphatic rings. The van der Waals surface area contributed by atoms with E-state index in [1.165, 1.54) is 0 Å². The number of carbonyl (C=O) groups excluding carboxylic acids is 1. The summed E-state index contributed by atoms with van der Waals surface area (Å²) in [4.78, 5) is 13.4. The van der Waals surface area contributed by atoms with Crippen LogP contribution in [0.5, 0.6) is 0 Å². The average molecular weight is 290 g/mol. The first-order valence-corrected chi connectivity index (χ1v) is 6.42. The van der Waals surface area contributed by atoms with Crippen molar-refractivity contribution in [2.75, 3.05) is 32.5 Å². The fourth-order valence-electron chi connectivity index (χ4n) is 1.39. The first-order valence-electron chi connectivity index (χ1n) is 5.66. The Morgan fingerprint density at radius 3 is 2.67 bits per heavy atom. The molecule has 0 aromatic heterocycles. The molecule has 0 bridgehead atoms. The fraction of sp³-hybridized carbons (Fsp3) is 0.417. The molecule has 4 nitrogen and oxygen atoms in total. The van der Waals surface area contributed by atoms with Gasteiger partial charge in [-0.05, 0) is 38.2 Å². The van der Waals surface area contributed by atoms with Crippen molar-refractivity contribution >= 4 is 34.9 Å². The number of nitrogens with one attached hydrogen (secondary N) is 2. The zero-order valence-electron chi connectivity index (χ0n) is 10.5. The second-order valence-corrected chi connectivity index (χ2v) is 4.75. The standard InChI is InChI=1S/C12H17Cl2N3O/c1-15-6-3-7-17(2)12(18)16-9-4-5-10(13)11(14)8-9/h4-5,8,15H,3,6-7H2,1-2H3,(H,16,18). The van der Waals surface area contributed by atoms with Crippen molar-refractivity contribution in [3.8, 4) is 0 Å². The molecule has 1 aromatic carbocycles. The zero-order valence-corrected chi connectivity index (χ0v) is 12.0. The highest BCUT2D eigenvalue weighted by molar-refractivity contribution is 6.42. The molecule has 100 valence electrons. The highest BCUT2D eigenvalue weighted by Crippen LogP contribution is 2.25. The summed E-state index contributed by atoms with van der Waals surface area (Å²) in [5.41, 5.74) is 0.634. The lowest BCUT2D eigenvalue weighted by Crippen LogP contribution is -2.33. The summed E-state index contributed by atoms with van der Waals surface area (Å²) >= 11 is 11.7. The Morgan fingerprint density at radius 1 is 1.33 bits per heavy atom. The highest BCUT2D eigenvalue weighted by atomic mass is 35.5. The molecule has 0 radical (unpaired) electrons. The lowest BCUT2D eigenvalue weighted by Gasteiger charge is -2.18. The van der Waals surface area contributed by atoms with Gasteiger partial charge in [-0.2, -0.15) is 0 Å². The Morgan fingerprint density at radius 2 is 2.06 bits per heavy atom. The Bertz CT molecular complexity index is 412. The van der Waals surface area contributed by atoms with Crippen LogP contribution < -0.4 is 10.6 Å². The minimum absolute atomic E-state index is 0.163. The second kappa shape index (κ2) is 7.46. The minimum atomic E-state index is -0.163. The number of hydrogen-bond donors (Lipinski definition) is 2. The SMILES string of the molecule is CNCCCN(C)C(=O)Nc1ccc(Cl)c(Cl)c1. The number of urea groups is 1. The van der Waals surface area contributed by atoms with Crippen LogP contribution in [0.2, 0.25) is 10.0 Å². The third-order valence-electron chi connectivity index (χ3n) is 2.44. The summed E-state index contributed by atoms with van der Waals surface area (Å²) in [7, 11) is 3.64. The van der Waals surface area contributed by atoms with E-state index >= 15 is 0 Å². The number of nitrogens with zero attached hydrogens (tertiary/aromatic N) is 1. The van der Waals surface area contributed by atoms with Crippen LogP contribution in [0.3, 0.4) is 0 Å². The first kappa shape index (κ1) is 15.1. The van der Waals surface area contributed by atoms with Crippen LogP contribution in [0.15, 0.2) is 18.2 Å². The van der Waals surface area contributed by atoms with Crippen molar-refractivity contribution in [2.24, 2.45) is 0 Å². The van der Waals surface area contributed by atoms with Gasteiger partial charge in [0.2, 0.25) is 0 Å². The first-order chi connectivity index (χ1) is 8.54.